The van der Waals surface area contributed by atoms with E-state index in [1.807, 2.05) is 25.8 Å². The predicted molar refractivity (Wildman–Crippen MR) is 58.1 cm³/mol. The lowest BCUT2D eigenvalue weighted by Crippen LogP contribution is -2.51. The van der Waals surface area contributed by atoms with Crippen LogP contribution in [0.3, 0.4) is 0 Å². The smallest absolute Gasteiger partial charge is 0.349 e. The van der Waals surface area contributed by atoms with Gasteiger partial charge in [-0.1, -0.05) is 13.8 Å². The summed E-state index contributed by atoms with van der Waals surface area (Å²) in [6, 6.07) is 0. The highest BCUT2D eigenvalue weighted by Crippen LogP contribution is 2.20. The van der Waals surface area contributed by atoms with Gasteiger partial charge in [-0.05, 0) is 7.05 Å². The van der Waals surface area contributed by atoms with Gasteiger partial charge in [-0.25, -0.2) is 0 Å². The molecule has 0 atom stereocenters. The maximum Gasteiger partial charge on any atom is 0.451 e. The maximum atomic E-state index is 12.3. The number of nitrogens with two attached hydrogens (primary N) is 1. The average molecular weight is 240 g/mol. The molecule has 7 heteroatoms. The highest BCUT2D eigenvalue weighted by molar-refractivity contribution is 5.87. The number of piperazine rings is 1. The van der Waals surface area contributed by atoms with Crippen molar-refractivity contribution >= 4 is 5.84 Å². The first kappa shape index (κ1) is 15.0. The Labute approximate surface area is 93.9 Å². The van der Waals surface area contributed by atoms with Gasteiger partial charge in [0.1, 0.15) is 0 Å². The highest BCUT2D eigenvalue weighted by Gasteiger charge is 2.40. The molecule has 0 unspecified atom stereocenters. The minimum absolute atomic E-state index is 0.312. The quantitative estimate of drug-likeness (QED) is 0.298. The van der Waals surface area contributed by atoms with E-state index in [9.17, 15) is 13.2 Å². The lowest BCUT2D eigenvalue weighted by Gasteiger charge is -2.34. The standard InChI is InChI=1S/C7H13F3N4.C2H6/c1-13-2-4-14(5-3-13)6(12-11)7(8,9)10;1-2/h2-5,11H2,1H3;1-2H3/b12-6-;. The maximum absolute atomic E-state index is 12.3. The van der Waals surface area contributed by atoms with E-state index in [0.717, 1.165) is 0 Å². The van der Waals surface area contributed by atoms with Crippen molar-refractivity contribution in [1.82, 2.24) is 9.80 Å². The van der Waals surface area contributed by atoms with Crippen molar-refractivity contribution in [3.8, 4) is 0 Å². The van der Waals surface area contributed by atoms with Crippen LogP contribution in [0.5, 0.6) is 0 Å². The fourth-order valence-corrected chi connectivity index (χ4v) is 1.35. The number of halogens is 3. The van der Waals surface area contributed by atoms with Crippen LogP contribution in [0.15, 0.2) is 5.10 Å². The zero-order chi connectivity index (χ0) is 12.8. The number of alkyl halides is 3. The van der Waals surface area contributed by atoms with Gasteiger partial charge in [-0.3, -0.25) is 0 Å². The van der Waals surface area contributed by atoms with Crippen molar-refractivity contribution in [2.75, 3.05) is 33.2 Å². The largest absolute Gasteiger partial charge is 0.451 e. The van der Waals surface area contributed by atoms with E-state index in [4.69, 9.17) is 5.84 Å². The molecule has 0 saturated carbocycles. The molecule has 0 radical (unpaired) electrons. The number of hydrazone groups is 1. The molecule has 2 N–H and O–H groups in total. The molecule has 1 saturated heterocycles. The van der Waals surface area contributed by atoms with Crippen molar-refractivity contribution in [3.05, 3.63) is 0 Å². The Hall–Kier alpha value is -0.980. The summed E-state index contributed by atoms with van der Waals surface area (Å²) < 4.78 is 37.0. The third-order valence-corrected chi connectivity index (χ3v) is 2.18. The molecule has 1 rings (SSSR count). The third kappa shape index (κ3) is 4.26. The van der Waals surface area contributed by atoms with Gasteiger partial charge in [0.15, 0.2) is 0 Å². The van der Waals surface area contributed by atoms with E-state index in [0.29, 0.717) is 26.2 Å². The Balaban J connectivity index is 0.00000106. The summed E-state index contributed by atoms with van der Waals surface area (Å²) in [5, 5.41) is 2.81. The highest BCUT2D eigenvalue weighted by atomic mass is 19.4. The van der Waals surface area contributed by atoms with Crippen LogP contribution in [-0.2, 0) is 0 Å². The molecular weight excluding hydrogens is 221 g/mol. The third-order valence-electron chi connectivity index (χ3n) is 2.18. The average Bonchev–Trinajstić information content (AvgIpc) is 2.23. The van der Waals surface area contributed by atoms with Crippen LogP contribution in [0.25, 0.3) is 0 Å². The molecule has 1 aliphatic rings. The van der Waals surface area contributed by atoms with Gasteiger partial charge in [0, 0.05) is 26.2 Å². The summed E-state index contributed by atoms with van der Waals surface area (Å²) in [5.74, 6) is 3.76. The van der Waals surface area contributed by atoms with Gasteiger partial charge in [-0.15, -0.1) is 0 Å². The Kier molecular flexibility index (Phi) is 6.17. The van der Waals surface area contributed by atoms with E-state index < -0.39 is 12.0 Å². The minimum Gasteiger partial charge on any atom is -0.349 e. The SMILES string of the molecule is CC.CN1CCN(/C(=N\N)C(F)(F)F)CC1. The molecular formula is C9H19F3N4. The lowest BCUT2D eigenvalue weighted by molar-refractivity contribution is -0.0706. The van der Waals surface area contributed by atoms with Gasteiger partial charge < -0.3 is 15.6 Å². The molecule has 1 heterocycles. The Morgan fingerprint density at radius 3 is 1.88 bits per heavy atom. The van der Waals surface area contributed by atoms with Gasteiger partial charge in [0.2, 0.25) is 5.84 Å². The molecule has 16 heavy (non-hydrogen) atoms. The first-order chi connectivity index (χ1) is 7.45. The molecule has 0 spiro atoms. The van der Waals surface area contributed by atoms with Gasteiger partial charge in [-0.2, -0.15) is 18.3 Å². The van der Waals surface area contributed by atoms with Crippen LogP contribution < -0.4 is 5.84 Å². The van der Waals surface area contributed by atoms with Crippen LogP contribution in [0.1, 0.15) is 13.8 Å². The van der Waals surface area contributed by atoms with E-state index >= 15 is 0 Å². The van der Waals surface area contributed by atoms with Gasteiger partial charge >= 0.3 is 6.18 Å². The first-order valence-electron chi connectivity index (χ1n) is 5.23. The van der Waals surface area contributed by atoms with E-state index in [1.165, 1.54) is 4.90 Å². The van der Waals surface area contributed by atoms with Crippen LogP contribution in [0.2, 0.25) is 0 Å². The normalized spacial score (nSPS) is 19.1. The molecule has 0 aromatic rings. The molecule has 0 aliphatic carbocycles. The van der Waals surface area contributed by atoms with E-state index in [2.05, 4.69) is 5.10 Å². The minimum atomic E-state index is -4.45. The molecule has 4 nitrogen and oxygen atoms in total. The summed E-state index contributed by atoms with van der Waals surface area (Å²) in [4.78, 5) is 3.13. The summed E-state index contributed by atoms with van der Waals surface area (Å²) >= 11 is 0. The Morgan fingerprint density at radius 2 is 1.56 bits per heavy atom. The van der Waals surface area contributed by atoms with E-state index in [1.54, 1.807) is 0 Å². The Morgan fingerprint density at radius 1 is 1.12 bits per heavy atom. The number of hydrogen-bond donors (Lipinski definition) is 1. The summed E-state index contributed by atoms with van der Waals surface area (Å²) in [7, 11) is 1.87. The molecule has 0 aromatic heterocycles. The Bertz CT molecular complexity index is 219. The second-order valence-electron chi connectivity index (χ2n) is 3.24. The zero-order valence-electron chi connectivity index (χ0n) is 9.88. The van der Waals surface area contributed by atoms with Crippen LogP contribution in [-0.4, -0.2) is 55.0 Å². The number of nitrogens with zero attached hydrogens (tertiary/aromatic N) is 3. The second-order valence-corrected chi connectivity index (χ2v) is 3.24. The van der Waals surface area contributed by atoms with Crippen molar-refractivity contribution in [2.24, 2.45) is 10.9 Å². The first-order valence-corrected chi connectivity index (χ1v) is 5.23. The van der Waals surface area contributed by atoms with Crippen LogP contribution in [0.4, 0.5) is 13.2 Å². The summed E-state index contributed by atoms with van der Waals surface area (Å²) in [5.41, 5.74) is 0. The van der Waals surface area contributed by atoms with E-state index in [-0.39, 0.29) is 0 Å². The second kappa shape index (κ2) is 6.57. The van der Waals surface area contributed by atoms with Crippen molar-refractivity contribution in [1.29, 1.82) is 0 Å². The van der Waals surface area contributed by atoms with Crippen LogP contribution >= 0.6 is 0 Å². The molecule has 0 amide bonds. The zero-order valence-corrected chi connectivity index (χ0v) is 9.88. The molecule has 0 bridgehead atoms. The number of likely N-dealkylation sites (N-methyl/N-ethyl adjacent to an activating group) is 1. The molecule has 1 fully saturated rings. The lowest BCUT2D eigenvalue weighted by atomic mass is 10.3. The fraction of sp³-hybridized carbons (Fsp3) is 0.889. The van der Waals surface area contributed by atoms with Crippen molar-refractivity contribution < 1.29 is 13.2 Å². The molecule has 96 valence electrons. The molecule has 1 aliphatic heterocycles. The molecule has 0 aromatic carbocycles. The fourth-order valence-electron chi connectivity index (χ4n) is 1.35. The summed E-state index contributed by atoms with van der Waals surface area (Å²) in [6.45, 7) is 5.81. The topological polar surface area (TPSA) is 44.9 Å². The summed E-state index contributed by atoms with van der Waals surface area (Å²) in [6.07, 6.45) is -4.45. The number of rotatable bonds is 0. The van der Waals surface area contributed by atoms with Gasteiger partial charge in [0.05, 0.1) is 0 Å². The monoisotopic (exact) mass is 240 g/mol. The van der Waals surface area contributed by atoms with Gasteiger partial charge in [0.25, 0.3) is 0 Å². The number of hydrogen-bond acceptors (Lipinski definition) is 3. The predicted octanol–water partition coefficient (Wildman–Crippen LogP) is 1.09. The van der Waals surface area contributed by atoms with Crippen molar-refractivity contribution in [3.63, 3.8) is 0 Å². The number of amidine groups is 1. The van der Waals surface area contributed by atoms with Crippen LogP contribution in [0, 0.1) is 0 Å². The van der Waals surface area contributed by atoms with Crippen molar-refractivity contribution in [2.45, 2.75) is 20.0 Å².